The van der Waals surface area contributed by atoms with E-state index in [0.717, 1.165) is 29.0 Å². The molecule has 0 fully saturated rings. The van der Waals surface area contributed by atoms with Crippen molar-refractivity contribution in [1.82, 2.24) is 9.97 Å². The van der Waals surface area contributed by atoms with Crippen molar-refractivity contribution in [2.45, 2.75) is 19.3 Å². The minimum Gasteiger partial charge on any atom is -0.497 e. The van der Waals surface area contributed by atoms with Crippen LogP contribution >= 0.6 is 0 Å². The Morgan fingerprint density at radius 1 is 1.50 bits per heavy atom. The summed E-state index contributed by atoms with van der Waals surface area (Å²) in [5, 5.41) is 0. The summed E-state index contributed by atoms with van der Waals surface area (Å²) in [6.07, 6.45) is 0.994. The van der Waals surface area contributed by atoms with Crippen LogP contribution < -0.4 is 10.5 Å². The molecule has 0 aliphatic carbocycles. The van der Waals surface area contributed by atoms with Gasteiger partial charge in [0.05, 0.1) is 18.1 Å². The zero-order valence-corrected chi connectivity index (χ0v) is 9.66. The fourth-order valence-corrected chi connectivity index (χ4v) is 1.80. The van der Waals surface area contributed by atoms with Crippen LogP contribution in [0.15, 0.2) is 18.2 Å². The number of benzene rings is 1. The molecule has 1 unspecified atom stereocenters. The molecule has 0 aliphatic heterocycles. The maximum atomic E-state index is 5.71. The topological polar surface area (TPSA) is 63.9 Å². The van der Waals surface area contributed by atoms with Gasteiger partial charge in [0.1, 0.15) is 11.6 Å². The first-order chi connectivity index (χ1) is 7.78. The predicted octanol–water partition coefficient (Wildman–Crippen LogP) is 2.02. The molecule has 1 atom stereocenters. The monoisotopic (exact) mass is 219 g/mol. The van der Waals surface area contributed by atoms with E-state index < -0.39 is 0 Å². The molecule has 0 bridgehead atoms. The van der Waals surface area contributed by atoms with Crippen LogP contribution in [0.2, 0.25) is 0 Å². The van der Waals surface area contributed by atoms with Gasteiger partial charge < -0.3 is 15.5 Å². The molecule has 1 aromatic carbocycles. The molecule has 86 valence electrons. The number of fused-ring (bicyclic) bond motifs is 1. The lowest BCUT2D eigenvalue weighted by atomic mass is 10.1. The minimum atomic E-state index is 0.304. The van der Waals surface area contributed by atoms with E-state index in [1.165, 1.54) is 0 Å². The first kappa shape index (κ1) is 11.0. The van der Waals surface area contributed by atoms with Crippen LogP contribution in [0.4, 0.5) is 0 Å². The maximum Gasteiger partial charge on any atom is 0.121 e. The summed E-state index contributed by atoms with van der Waals surface area (Å²) in [7, 11) is 1.66. The van der Waals surface area contributed by atoms with Gasteiger partial charge in [0.25, 0.3) is 0 Å². The third-order valence-corrected chi connectivity index (χ3v) is 2.87. The molecule has 3 N–H and O–H groups in total. The van der Waals surface area contributed by atoms with E-state index in [1.54, 1.807) is 7.11 Å². The summed E-state index contributed by atoms with van der Waals surface area (Å²) < 4.78 is 5.17. The van der Waals surface area contributed by atoms with E-state index in [2.05, 4.69) is 16.9 Å². The van der Waals surface area contributed by atoms with Crippen molar-refractivity contribution in [1.29, 1.82) is 0 Å². The molecule has 1 aromatic heterocycles. The van der Waals surface area contributed by atoms with Crippen LogP contribution in [0.5, 0.6) is 5.75 Å². The Hall–Kier alpha value is -1.55. The van der Waals surface area contributed by atoms with Gasteiger partial charge in [-0.05, 0) is 18.6 Å². The standard InChI is InChI=1S/C12H17N3O/c1-3-8(7-13)12-14-10-5-4-9(16-2)6-11(10)15-12/h4-6,8H,3,7,13H2,1-2H3,(H,14,15). The van der Waals surface area contributed by atoms with E-state index >= 15 is 0 Å². The maximum absolute atomic E-state index is 5.71. The van der Waals surface area contributed by atoms with Crippen molar-refractivity contribution in [3.63, 3.8) is 0 Å². The average molecular weight is 219 g/mol. The van der Waals surface area contributed by atoms with Crippen molar-refractivity contribution in [3.05, 3.63) is 24.0 Å². The number of imidazole rings is 1. The number of ether oxygens (including phenoxy) is 1. The number of hydrogen-bond acceptors (Lipinski definition) is 3. The Balaban J connectivity index is 2.43. The fraction of sp³-hybridized carbons (Fsp3) is 0.417. The molecule has 0 saturated carbocycles. The van der Waals surface area contributed by atoms with Crippen molar-refractivity contribution in [2.24, 2.45) is 5.73 Å². The molecule has 2 rings (SSSR count). The van der Waals surface area contributed by atoms with Gasteiger partial charge in [0, 0.05) is 18.5 Å². The number of methoxy groups -OCH3 is 1. The number of aromatic amines is 1. The van der Waals surface area contributed by atoms with E-state index in [9.17, 15) is 0 Å². The summed E-state index contributed by atoms with van der Waals surface area (Å²) in [6.45, 7) is 2.73. The third kappa shape index (κ3) is 1.88. The minimum absolute atomic E-state index is 0.304. The van der Waals surface area contributed by atoms with Crippen LogP contribution in [0.25, 0.3) is 11.0 Å². The van der Waals surface area contributed by atoms with Crippen molar-refractivity contribution >= 4 is 11.0 Å². The Kier molecular flexibility index (Phi) is 3.10. The fourth-order valence-electron chi connectivity index (χ4n) is 1.80. The second-order valence-corrected chi connectivity index (χ2v) is 3.85. The summed E-state index contributed by atoms with van der Waals surface area (Å²) in [5.74, 6) is 2.11. The molecular formula is C12H17N3O. The van der Waals surface area contributed by atoms with Crippen LogP contribution in [0, 0.1) is 0 Å². The first-order valence-corrected chi connectivity index (χ1v) is 5.52. The lowest BCUT2D eigenvalue weighted by Gasteiger charge is -2.07. The molecule has 0 amide bonds. The van der Waals surface area contributed by atoms with Crippen LogP contribution in [0.3, 0.4) is 0 Å². The molecule has 0 radical (unpaired) electrons. The summed E-state index contributed by atoms with van der Waals surface area (Å²) in [4.78, 5) is 7.84. The number of nitrogens with zero attached hydrogens (tertiary/aromatic N) is 1. The zero-order valence-electron chi connectivity index (χ0n) is 9.66. The lowest BCUT2D eigenvalue weighted by molar-refractivity contribution is 0.415. The number of hydrogen-bond donors (Lipinski definition) is 2. The highest BCUT2D eigenvalue weighted by atomic mass is 16.5. The van der Waals surface area contributed by atoms with Gasteiger partial charge in [-0.15, -0.1) is 0 Å². The molecular weight excluding hydrogens is 202 g/mol. The zero-order chi connectivity index (χ0) is 11.5. The average Bonchev–Trinajstić information content (AvgIpc) is 2.72. The van der Waals surface area contributed by atoms with Crippen molar-refractivity contribution in [2.75, 3.05) is 13.7 Å². The predicted molar refractivity (Wildman–Crippen MR) is 64.7 cm³/mol. The smallest absolute Gasteiger partial charge is 0.121 e. The van der Waals surface area contributed by atoms with Crippen molar-refractivity contribution < 1.29 is 4.74 Å². The Bertz CT molecular complexity index is 474. The summed E-state index contributed by atoms with van der Waals surface area (Å²) in [6, 6.07) is 5.82. The van der Waals surface area contributed by atoms with E-state index in [-0.39, 0.29) is 0 Å². The quantitative estimate of drug-likeness (QED) is 0.827. The van der Waals surface area contributed by atoms with Crippen LogP contribution in [-0.2, 0) is 0 Å². The van der Waals surface area contributed by atoms with Crippen molar-refractivity contribution in [3.8, 4) is 5.75 Å². The summed E-state index contributed by atoms with van der Waals surface area (Å²) >= 11 is 0. The normalized spacial score (nSPS) is 12.9. The van der Waals surface area contributed by atoms with Gasteiger partial charge in [0.15, 0.2) is 0 Å². The second-order valence-electron chi connectivity index (χ2n) is 3.85. The Morgan fingerprint density at radius 3 is 2.94 bits per heavy atom. The van der Waals surface area contributed by atoms with Gasteiger partial charge in [-0.2, -0.15) is 0 Å². The third-order valence-electron chi connectivity index (χ3n) is 2.87. The summed E-state index contributed by atoms with van der Waals surface area (Å²) in [5.41, 5.74) is 7.67. The van der Waals surface area contributed by atoms with Gasteiger partial charge in [-0.1, -0.05) is 6.92 Å². The molecule has 2 aromatic rings. The van der Waals surface area contributed by atoms with E-state index in [0.29, 0.717) is 12.5 Å². The van der Waals surface area contributed by atoms with E-state index in [1.807, 2.05) is 18.2 Å². The Morgan fingerprint density at radius 2 is 2.31 bits per heavy atom. The van der Waals surface area contributed by atoms with Crippen LogP contribution in [0.1, 0.15) is 25.1 Å². The number of nitrogens with one attached hydrogen (secondary N) is 1. The first-order valence-electron chi connectivity index (χ1n) is 5.52. The van der Waals surface area contributed by atoms with Gasteiger partial charge in [0.2, 0.25) is 0 Å². The molecule has 0 saturated heterocycles. The Labute approximate surface area is 94.8 Å². The lowest BCUT2D eigenvalue weighted by Crippen LogP contribution is -2.12. The second kappa shape index (κ2) is 4.53. The molecule has 1 heterocycles. The molecule has 0 aliphatic rings. The number of nitrogens with two attached hydrogens (primary N) is 1. The van der Waals surface area contributed by atoms with Gasteiger partial charge >= 0.3 is 0 Å². The van der Waals surface area contributed by atoms with Gasteiger partial charge in [-0.25, -0.2) is 4.98 Å². The SMILES string of the molecule is CCC(CN)c1nc2ccc(OC)cc2[nH]1. The van der Waals surface area contributed by atoms with Crippen LogP contribution in [-0.4, -0.2) is 23.6 Å². The molecule has 16 heavy (non-hydrogen) atoms. The van der Waals surface area contributed by atoms with Gasteiger partial charge in [-0.3, -0.25) is 0 Å². The highest BCUT2D eigenvalue weighted by Gasteiger charge is 2.12. The number of H-pyrrole nitrogens is 1. The molecule has 4 nitrogen and oxygen atoms in total. The molecule has 0 spiro atoms. The highest BCUT2D eigenvalue weighted by molar-refractivity contribution is 5.76. The number of aromatic nitrogens is 2. The largest absolute Gasteiger partial charge is 0.497 e. The van der Waals surface area contributed by atoms with E-state index in [4.69, 9.17) is 10.5 Å². The molecule has 4 heteroatoms. The number of rotatable bonds is 4. The highest BCUT2D eigenvalue weighted by Crippen LogP contribution is 2.22.